The second kappa shape index (κ2) is 9.63. The highest BCUT2D eigenvalue weighted by atomic mass is 35.5. The molecule has 33 heavy (non-hydrogen) atoms. The lowest BCUT2D eigenvalue weighted by Crippen LogP contribution is -2.42. The third kappa shape index (κ3) is 4.44. The maximum Gasteiger partial charge on any atom is 0.258 e. The van der Waals surface area contributed by atoms with Crippen LogP contribution in [0, 0.1) is 5.82 Å². The quantitative estimate of drug-likeness (QED) is 0.486. The van der Waals surface area contributed by atoms with Crippen LogP contribution in [0.1, 0.15) is 35.2 Å². The Hall–Kier alpha value is -3.38. The summed E-state index contributed by atoms with van der Waals surface area (Å²) in [5.74, 6) is -1.26. The summed E-state index contributed by atoms with van der Waals surface area (Å²) in [7, 11) is 1.38. The minimum atomic E-state index is -0.594. The zero-order valence-electron chi connectivity index (χ0n) is 18.4. The Bertz CT molecular complexity index is 1180. The van der Waals surface area contributed by atoms with Crippen molar-refractivity contribution in [1.29, 1.82) is 0 Å². The second-order valence-corrected chi connectivity index (χ2v) is 8.20. The molecule has 3 aromatic rings. The van der Waals surface area contributed by atoms with Crippen molar-refractivity contribution in [2.24, 2.45) is 0 Å². The minimum absolute atomic E-state index is 0.0325. The summed E-state index contributed by atoms with van der Waals surface area (Å²) in [5.41, 5.74) is 2.44. The molecule has 0 N–H and O–H groups in total. The van der Waals surface area contributed by atoms with Crippen LogP contribution in [0.2, 0.25) is 5.02 Å². The van der Waals surface area contributed by atoms with E-state index < -0.39 is 11.7 Å². The fourth-order valence-electron chi connectivity index (χ4n) is 4.26. The number of benzene rings is 3. The number of ether oxygens (including phenoxy) is 1. The molecule has 4 rings (SSSR count). The Kier molecular flexibility index (Phi) is 6.65. The van der Waals surface area contributed by atoms with Gasteiger partial charge in [-0.2, -0.15) is 0 Å². The molecule has 0 bridgehead atoms. The highest BCUT2D eigenvalue weighted by Crippen LogP contribution is 2.38. The Morgan fingerprint density at radius 3 is 2.52 bits per heavy atom. The van der Waals surface area contributed by atoms with Crippen LogP contribution in [0.5, 0.6) is 5.75 Å². The highest BCUT2D eigenvalue weighted by molar-refractivity contribution is 6.30. The number of halogens is 2. The van der Waals surface area contributed by atoms with Gasteiger partial charge in [0.25, 0.3) is 5.91 Å². The zero-order valence-corrected chi connectivity index (χ0v) is 19.2. The number of nitrogens with zero attached hydrogens (tertiary/aromatic N) is 2. The van der Waals surface area contributed by atoms with Crippen molar-refractivity contribution in [3.05, 3.63) is 88.7 Å². The lowest BCUT2D eigenvalue weighted by molar-refractivity contribution is -0.120. The highest BCUT2D eigenvalue weighted by Gasteiger charge is 2.35. The monoisotopic (exact) mass is 466 g/mol. The first-order valence-corrected chi connectivity index (χ1v) is 11.1. The van der Waals surface area contributed by atoms with Crippen LogP contribution in [0.15, 0.2) is 66.7 Å². The summed E-state index contributed by atoms with van der Waals surface area (Å²) in [6, 6.07) is 18.7. The van der Waals surface area contributed by atoms with Crippen LogP contribution in [0.4, 0.5) is 15.8 Å². The summed E-state index contributed by atoms with van der Waals surface area (Å²) in [6.07, 6.45) is 0.463. The molecule has 0 radical (unpaired) electrons. The van der Waals surface area contributed by atoms with Gasteiger partial charge in [0.2, 0.25) is 5.91 Å². The van der Waals surface area contributed by atoms with E-state index >= 15 is 0 Å². The van der Waals surface area contributed by atoms with E-state index in [0.29, 0.717) is 30.2 Å². The van der Waals surface area contributed by atoms with Crippen LogP contribution in [0.3, 0.4) is 0 Å². The Morgan fingerprint density at radius 2 is 1.85 bits per heavy atom. The van der Waals surface area contributed by atoms with Crippen molar-refractivity contribution in [3.8, 4) is 5.75 Å². The van der Waals surface area contributed by atoms with Crippen molar-refractivity contribution in [2.45, 2.75) is 19.3 Å². The lowest BCUT2D eigenvalue weighted by atomic mass is 9.88. The van der Waals surface area contributed by atoms with Crippen LogP contribution in [-0.2, 0) is 4.79 Å². The van der Waals surface area contributed by atoms with E-state index in [1.807, 2.05) is 43.3 Å². The summed E-state index contributed by atoms with van der Waals surface area (Å²) >= 11 is 6.01. The predicted octanol–water partition coefficient (Wildman–Crippen LogP) is 5.67. The Balaban J connectivity index is 1.64. The van der Waals surface area contributed by atoms with Crippen LogP contribution in [-0.4, -0.2) is 32.0 Å². The van der Waals surface area contributed by atoms with Gasteiger partial charge in [0.15, 0.2) is 11.6 Å². The molecule has 0 unspecified atom stereocenters. The SMILES string of the molecule is CCN(C(=O)[C@H]1CCN(C(=O)c2ccc(OC)c(F)c2)c2ccccc21)c1ccc(Cl)cc1. The zero-order chi connectivity index (χ0) is 23.5. The predicted molar refractivity (Wildman–Crippen MR) is 128 cm³/mol. The molecule has 1 heterocycles. The fraction of sp³-hybridized carbons (Fsp3) is 0.231. The molecule has 0 aliphatic carbocycles. The number of fused-ring (bicyclic) bond motifs is 1. The summed E-state index contributed by atoms with van der Waals surface area (Å²) in [5, 5.41) is 0.606. The van der Waals surface area contributed by atoms with Gasteiger partial charge in [-0.15, -0.1) is 0 Å². The van der Waals surface area contributed by atoms with Crippen LogP contribution < -0.4 is 14.5 Å². The van der Waals surface area contributed by atoms with Gasteiger partial charge in [0, 0.05) is 35.1 Å². The van der Waals surface area contributed by atoms with Crippen molar-refractivity contribution >= 4 is 34.8 Å². The molecule has 0 aromatic heterocycles. The summed E-state index contributed by atoms with van der Waals surface area (Å²) in [6.45, 7) is 2.78. The van der Waals surface area contributed by atoms with E-state index in [9.17, 15) is 14.0 Å². The van der Waals surface area contributed by atoms with Crippen molar-refractivity contribution in [2.75, 3.05) is 30.0 Å². The molecule has 1 atom stereocenters. The van der Waals surface area contributed by atoms with E-state index in [-0.39, 0.29) is 23.1 Å². The summed E-state index contributed by atoms with van der Waals surface area (Å²) in [4.78, 5) is 30.2. The van der Waals surface area contributed by atoms with Gasteiger partial charge in [0.1, 0.15) is 0 Å². The molecule has 0 spiro atoms. The van der Waals surface area contributed by atoms with Crippen molar-refractivity contribution < 1.29 is 18.7 Å². The largest absolute Gasteiger partial charge is 0.494 e. The average Bonchev–Trinajstić information content (AvgIpc) is 2.84. The fourth-order valence-corrected chi connectivity index (χ4v) is 4.39. The molecular formula is C26H24ClFN2O3. The first-order chi connectivity index (χ1) is 15.9. The van der Waals surface area contributed by atoms with Gasteiger partial charge in [0.05, 0.1) is 13.0 Å². The molecule has 0 saturated heterocycles. The standard InChI is InChI=1S/C26H24ClFN2O3/c1-3-29(19-11-9-18(27)10-12-19)26(32)21-14-15-30(23-7-5-4-6-20(21)23)25(31)17-8-13-24(33-2)22(28)16-17/h4-13,16,21H,3,14-15H2,1-2H3/t21-/m0/s1. The number of likely N-dealkylation sites (N-methyl/N-ethyl adjacent to an activating group) is 1. The van der Waals surface area contributed by atoms with Gasteiger partial charge >= 0.3 is 0 Å². The molecule has 2 amide bonds. The number of carbonyl (C=O) groups excluding carboxylic acids is 2. The molecule has 1 aliphatic heterocycles. The van der Waals surface area contributed by atoms with Gasteiger partial charge in [-0.3, -0.25) is 9.59 Å². The molecule has 7 heteroatoms. The molecular weight excluding hydrogens is 443 g/mol. The number of carbonyl (C=O) groups is 2. The average molecular weight is 467 g/mol. The van der Waals surface area contributed by atoms with Crippen LogP contribution in [0.25, 0.3) is 0 Å². The third-order valence-corrected chi connectivity index (χ3v) is 6.16. The lowest BCUT2D eigenvalue weighted by Gasteiger charge is -2.36. The van der Waals surface area contributed by atoms with Crippen LogP contribution >= 0.6 is 11.6 Å². The van der Waals surface area contributed by atoms with Gasteiger partial charge in [-0.1, -0.05) is 29.8 Å². The number of hydrogen-bond donors (Lipinski definition) is 0. The van der Waals surface area contributed by atoms with E-state index in [0.717, 1.165) is 11.3 Å². The number of hydrogen-bond acceptors (Lipinski definition) is 3. The van der Waals surface area contributed by atoms with E-state index in [4.69, 9.17) is 16.3 Å². The van der Waals surface area contributed by atoms with Gasteiger partial charge < -0.3 is 14.5 Å². The Morgan fingerprint density at radius 1 is 1.12 bits per heavy atom. The number of methoxy groups -OCH3 is 1. The van der Waals surface area contributed by atoms with E-state index in [2.05, 4.69) is 0 Å². The number of para-hydroxylation sites is 1. The molecule has 3 aromatic carbocycles. The third-order valence-electron chi connectivity index (χ3n) is 5.91. The number of anilines is 2. The molecule has 1 aliphatic rings. The second-order valence-electron chi connectivity index (χ2n) is 7.77. The minimum Gasteiger partial charge on any atom is -0.494 e. The molecule has 5 nitrogen and oxygen atoms in total. The molecule has 170 valence electrons. The first-order valence-electron chi connectivity index (χ1n) is 10.8. The molecule has 0 fully saturated rings. The summed E-state index contributed by atoms with van der Waals surface area (Å²) < 4.78 is 19.2. The maximum atomic E-state index is 14.2. The smallest absolute Gasteiger partial charge is 0.258 e. The first kappa shape index (κ1) is 22.8. The number of rotatable bonds is 5. The molecule has 0 saturated carbocycles. The normalized spacial score (nSPS) is 15.0. The van der Waals surface area contributed by atoms with Crippen molar-refractivity contribution in [1.82, 2.24) is 0 Å². The van der Waals surface area contributed by atoms with Gasteiger partial charge in [-0.25, -0.2) is 4.39 Å². The number of amides is 2. The van der Waals surface area contributed by atoms with E-state index in [1.165, 1.54) is 19.2 Å². The van der Waals surface area contributed by atoms with E-state index in [1.54, 1.807) is 28.0 Å². The van der Waals surface area contributed by atoms with Crippen molar-refractivity contribution in [3.63, 3.8) is 0 Å². The van der Waals surface area contributed by atoms with Gasteiger partial charge in [-0.05, 0) is 67.4 Å². The maximum absolute atomic E-state index is 14.2. The Labute approximate surface area is 197 Å². The topological polar surface area (TPSA) is 49.9 Å².